The molecule has 0 aliphatic heterocycles. The molecule has 3 N–H and O–H groups in total. The van der Waals surface area contributed by atoms with Crippen molar-refractivity contribution in [3.05, 3.63) is 35.4 Å². The summed E-state index contributed by atoms with van der Waals surface area (Å²) in [5, 5.41) is 2.97. The average Bonchev–Trinajstić information content (AvgIpc) is 2.38. The minimum absolute atomic E-state index is 0.0249. The molecule has 0 aliphatic rings. The number of nitrogens with one attached hydrogen (secondary N) is 1. The van der Waals surface area contributed by atoms with Gasteiger partial charge in [0, 0.05) is 0 Å². The molecule has 106 valence electrons. The van der Waals surface area contributed by atoms with Crippen molar-refractivity contribution in [2.24, 2.45) is 5.73 Å². The first-order valence-corrected chi connectivity index (χ1v) is 6.97. The van der Waals surface area contributed by atoms with Crippen molar-refractivity contribution in [2.45, 2.75) is 58.5 Å². The van der Waals surface area contributed by atoms with Crippen molar-refractivity contribution in [3.8, 4) is 0 Å². The summed E-state index contributed by atoms with van der Waals surface area (Å²) < 4.78 is 0. The van der Waals surface area contributed by atoms with Gasteiger partial charge in [-0.2, -0.15) is 0 Å². The van der Waals surface area contributed by atoms with Crippen LogP contribution in [0.1, 0.15) is 64.1 Å². The van der Waals surface area contributed by atoms with Crippen molar-refractivity contribution in [1.82, 2.24) is 5.32 Å². The fraction of sp³-hybridized carbons (Fsp3) is 0.562. The molecule has 0 saturated carbocycles. The van der Waals surface area contributed by atoms with E-state index in [2.05, 4.69) is 43.4 Å². The van der Waals surface area contributed by atoms with E-state index in [1.807, 2.05) is 13.8 Å². The SMILES string of the molecule is CCC(C)(N)C(=O)NC(C)c1ccc(C(C)C)cc1. The first-order chi connectivity index (χ1) is 8.77. The number of hydrogen-bond acceptors (Lipinski definition) is 2. The molecule has 0 bridgehead atoms. The molecule has 19 heavy (non-hydrogen) atoms. The van der Waals surface area contributed by atoms with Gasteiger partial charge in [-0.05, 0) is 37.3 Å². The molecule has 0 aromatic heterocycles. The Hall–Kier alpha value is -1.35. The Bertz CT molecular complexity index is 421. The molecular weight excluding hydrogens is 236 g/mol. The van der Waals surface area contributed by atoms with E-state index in [1.165, 1.54) is 5.56 Å². The quantitative estimate of drug-likeness (QED) is 0.856. The number of rotatable bonds is 5. The molecule has 2 atom stereocenters. The largest absolute Gasteiger partial charge is 0.348 e. The zero-order valence-corrected chi connectivity index (χ0v) is 12.7. The summed E-state index contributed by atoms with van der Waals surface area (Å²) in [5.41, 5.74) is 7.54. The van der Waals surface area contributed by atoms with Crippen molar-refractivity contribution < 1.29 is 4.79 Å². The number of benzene rings is 1. The summed E-state index contributed by atoms with van der Waals surface area (Å²) in [4.78, 5) is 12.0. The maximum atomic E-state index is 12.0. The van der Waals surface area contributed by atoms with Gasteiger partial charge >= 0.3 is 0 Å². The summed E-state index contributed by atoms with van der Waals surface area (Å²) in [7, 11) is 0. The first kappa shape index (κ1) is 15.7. The minimum atomic E-state index is -0.799. The minimum Gasteiger partial charge on any atom is -0.348 e. The highest BCUT2D eigenvalue weighted by molar-refractivity contribution is 5.85. The van der Waals surface area contributed by atoms with Gasteiger partial charge in [0.15, 0.2) is 0 Å². The van der Waals surface area contributed by atoms with Gasteiger partial charge in [0.1, 0.15) is 0 Å². The Kier molecular flexibility index (Phi) is 5.12. The highest BCUT2D eigenvalue weighted by Gasteiger charge is 2.27. The average molecular weight is 262 g/mol. The fourth-order valence-electron chi connectivity index (χ4n) is 1.77. The summed E-state index contributed by atoms with van der Waals surface area (Å²) in [6.45, 7) is 10.00. The molecular formula is C16H26N2O. The van der Waals surface area contributed by atoms with Crippen LogP contribution in [0.15, 0.2) is 24.3 Å². The summed E-state index contributed by atoms with van der Waals surface area (Å²) in [6, 6.07) is 8.34. The monoisotopic (exact) mass is 262 g/mol. The topological polar surface area (TPSA) is 55.1 Å². The van der Waals surface area contributed by atoms with Crippen LogP contribution < -0.4 is 11.1 Å². The molecule has 3 nitrogen and oxygen atoms in total. The van der Waals surface area contributed by atoms with Crippen LogP contribution in [0.25, 0.3) is 0 Å². The number of hydrogen-bond donors (Lipinski definition) is 2. The van der Waals surface area contributed by atoms with E-state index < -0.39 is 5.54 Å². The second-order valence-corrected chi connectivity index (χ2v) is 5.79. The van der Waals surface area contributed by atoms with E-state index in [0.29, 0.717) is 12.3 Å². The van der Waals surface area contributed by atoms with Crippen LogP contribution in [0.5, 0.6) is 0 Å². The smallest absolute Gasteiger partial charge is 0.240 e. The lowest BCUT2D eigenvalue weighted by Crippen LogP contribution is -2.51. The second kappa shape index (κ2) is 6.20. The molecule has 0 saturated heterocycles. The maximum absolute atomic E-state index is 12.0. The van der Waals surface area contributed by atoms with Crippen LogP contribution in [-0.4, -0.2) is 11.4 Å². The van der Waals surface area contributed by atoms with Gasteiger partial charge < -0.3 is 11.1 Å². The van der Waals surface area contributed by atoms with Gasteiger partial charge in [-0.15, -0.1) is 0 Å². The Morgan fingerprint density at radius 2 is 1.68 bits per heavy atom. The molecule has 0 spiro atoms. The number of carbonyl (C=O) groups is 1. The van der Waals surface area contributed by atoms with Crippen molar-refractivity contribution in [2.75, 3.05) is 0 Å². The van der Waals surface area contributed by atoms with Crippen LogP contribution in [-0.2, 0) is 4.79 Å². The lowest BCUT2D eigenvalue weighted by Gasteiger charge is -2.24. The summed E-state index contributed by atoms with van der Waals surface area (Å²) in [6.07, 6.45) is 0.623. The van der Waals surface area contributed by atoms with Gasteiger partial charge in [0.2, 0.25) is 5.91 Å². The highest BCUT2D eigenvalue weighted by atomic mass is 16.2. The molecule has 0 aliphatic carbocycles. The van der Waals surface area contributed by atoms with Gasteiger partial charge in [0.05, 0.1) is 11.6 Å². The van der Waals surface area contributed by atoms with E-state index >= 15 is 0 Å². The molecule has 1 rings (SSSR count). The van der Waals surface area contributed by atoms with Crippen LogP contribution >= 0.6 is 0 Å². The lowest BCUT2D eigenvalue weighted by molar-refractivity contribution is -0.126. The number of nitrogens with two attached hydrogens (primary N) is 1. The predicted octanol–water partition coefficient (Wildman–Crippen LogP) is 3.11. The Morgan fingerprint density at radius 1 is 1.21 bits per heavy atom. The van der Waals surface area contributed by atoms with E-state index in [0.717, 1.165) is 5.56 Å². The maximum Gasteiger partial charge on any atom is 0.240 e. The Labute approximate surface area is 116 Å². The molecule has 1 aromatic carbocycles. The molecule has 0 radical (unpaired) electrons. The summed E-state index contributed by atoms with van der Waals surface area (Å²) >= 11 is 0. The standard InChI is InChI=1S/C16H26N2O/c1-6-16(5,17)15(19)18-12(4)14-9-7-13(8-10-14)11(2)3/h7-12H,6,17H2,1-5H3,(H,18,19). The van der Waals surface area contributed by atoms with E-state index in [9.17, 15) is 4.79 Å². The van der Waals surface area contributed by atoms with E-state index in [4.69, 9.17) is 5.73 Å². The van der Waals surface area contributed by atoms with Gasteiger partial charge in [-0.25, -0.2) is 0 Å². The zero-order chi connectivity index (χ0) is 14.6. The van der Waals surface area contributed by atoms with Gasteiger partial charge in [-0.1, -0.05) is 45.0 Å². The van der Waals surface area contributed by atoms with Crippen molar-refractivity contribution in [3.63, 3.8) is 0 Å². The zero-order valence-electron chi connectivity index (χ0n) is 12.7. The lowest BCUT2D eigenvalue weighted by atomic mass is 9.97. The first-order valence-electron chi connectivity index (χ1n) is 6.97. The van der Waals surface area contributed by atoms with E-state index in [-0.39, 0.29) is 11.9 Å². The Balaban J connectivity index is 2.73. The molecule has 1 amide bonds. The molecule has 0 heterocycles. The highest BCUT2D eigenvalue weighted by Crippen LogP contribution is 2.19. The van der Waals surface area contributed by atoms with Crippen LogP contribution in [0.2, 0.25) is 0 Å². The molecule has 0 fully saturated rings. The third-order valence-electron chi connectivity index (χ3n) is 3.70. The molecule has 2 unspecified atom stereocenters. The predicted molar refractivity (Wildman–Crippen MR) is 80.0 cm³/mol. The third-order valence-corrected chi connectivity index (χ3v) is 3.70. The van der Waals surface area contributed by atoms with Gasteiger partial charge in [-0.3, -0.25) is 4.79 Å². The van der Waals surface area contributed by atoms with Crippen LogP contribution in [0.4, 0.5) is 0 Å². The summed E-state index contributed by atoms with van der Waals surface area (Å²) in [5.74, 6) is 0.418. The number of amides is 1. The Morgan fingerprint density at radius 3 is 2.11 bits per heavy atom. The second-order valence-electron chi connectivity index (χ2n) is 5.79. The van der Waals surface area contributed by atoms with E-state index in [1.54, 1.807) is 6.92 Å². The number of carbonyl (C=O) groups excluding carboxylic acids is 1. The molecule has 3 heteroatoms. The van der Waals surface area contributed by atoms with Crippen molar-refractivity contribution >= 4 is 5.91 Å². The third kappa shape index (κ3) is 4.06. The van der Waals surface area contributed by atoms with Gasteiger partial charge in [0.25, 0.3) is 0 Å². The molecule has 1 aromatic rings. The van der Waals surface area contributed by atoms with Crippen LogP contribution in [0.3, 0.4) is 0 Å². The van der Waals surface area contributed by atoms with Crippen LogP contribution in [0, 0.1) is 0 Å². The fourth-order valence-corrected chi connectivity index (χ4v) is 1.77. The normalized spacial score (nSPS) is 15.9. The van der Waals surface area contributed by atoms with Crippen molar-refractivity contribution in [1.29, 1.82) is 0 Å².